The van der Waals surface area contributed by atoms with Crippen LogP contribution in [-0.4, -0.2) is 26.7 Å². The summed E-state index contributed by atoms with van der Waals surface area (Å²) in [5, 5.41) is 17.3. The minimum absolute atomic E-state index is 0.123. The van der Waals surface area contributed by atoms with Crippen LogP contribution in [0.1, 0.15) is 13.8 Å². The molecule has 0 aliphatic carbocycles. The number of hydrogen-bond acceptors (Lipinski definition) is 6. The fourth-order valence-electron chi connectivity index (χ4n) is 0.526. The normalized spacial score (nSPS) is 15.9. The quantitative estimate of drug-likeness (QED) is 0.720. The number of anilines is 1. The maximum Gasteiger partial charge on any atom is 0.203 e. The summed E-state index contributed by atoms with van der Waals surface area (Å²) in [6, 6.07) is 0. The Morgan fingerprint density at radius 3 is 2.58 bits per heavy atom. The summed E-state index contributed by atoms with van der Waals surface area (Å²) in [5.41, 5.74) is 5.40. The SMILES string of the molecule is CC(O)C(C)Sc1nnc(N)s1. The highest BCUT2D eigenvalue weighted by Gasteiger charge is 2.12. The van der Waals surface area contributed by atoms with Crippen molar-refractivity contribution in [3.05, 3.63) is 0 Å². The van der Waals surface area contributed by atoms with Gasteiger partial charge < -0.3 is 10.8 Å². The number of nitrogens with zero attached hydrogens (tertiary/aromatic N) is 2. The van der Waals surface area contributed by atoms with E-state index in [0.717, 1.165) is 4.34 Å². The second-order valence-corrected chi connectivity index (χ2v) is 5.10. The summed E-state index contributed by atoms with van der Waals surface area (Å²) in [4.78, 5) is 0. The minimum Gasteiger partial charge on any atom is -0.392 e. The van der Waals surface area contributed by atoms with Gasteiger partial charge in [-0.05, 0) is 6.92 Å². The van der Waals surface area contributed by atoms with E-state index >= 15 is 0 Å². The summed E-state index contributed by atoms with van der Waals surface area (Å²) < 4.78 is 0.806. The molecule has 0 spiro atoms. The Labute approximate surface area is 79.2 Å². The van der Waals surface area contributed by atoms with Crippen LogP contribution >= 0.6 is 23.1 Å². The van der Waals surface area contributed by atoms with E-state index in [1.54, 1.807) is 6.92 Å². The van der Waals surface area contributed by atoms with Crippen LogP contribution in [-0.2, 0) is 0 Å². The van der Waals surface area contributed by atoms with Crippen molar-refractivity contribution in [3.8, 4) is 0 Å². The van der Waals surface area contributed by atoms with Gasteiger partial charge in [-0.3, -0.25) is 0 Å². The molecule has 2 atom stereocenters. The first-order valence-electron chi connectivity index (χ1n) is 3.53. The largest absolute Gasteiger partial charge is 0.392 e. The van der Waals surface area contributed by atoms with Crippen LogP contribution in [0.3, 0.4) is 0 Å². The van der Waals surface area contributed by atoms with Crippen molar-refractivity contribution in [2.45, 2.75) is 29.5 Å². The monoisotopic (exact) mass is 205 g/mol. The van der Waals surface area contributed by atoms with Crippen molar-refractivity contribution < 1.29 is 5.11 Å². The van der Waals surface area contributed by atoms with Gasteiger partial charge in [0, 0.05) is 5.25 Å². The van der Waals surface area contributed by atoms with Crippen molar-refractivity contribution in [1.82, 2.24) is 10.2 Å². The number of thioether (sulfide) groups is 1. The van der Waals surface area contributed by atoms with Crippen LogP contribution in [0.5, 0.6) is 0 Å². The molecule has 0 bridgehead atoms. The average Bonchev–Trinajstić information content (AvgIpc) is 2.35. The minimum atomic E-state index is -0.347. The highest BCUT2D eigenvalue weighted by Crippen LogP contribution is 2.28. The number of nitrogens with two attached hydrogens (primary N) is 1. The zero-order valence-corrected chi connectivity index (χ0v) is 8.52. The molecule has 0 radical (unpaired) electrons. The first kappa shape index (κ1) is 9.76. The van der Waals surface area contributed by atoms with Crippen molar-refractivity contribution in [3.63, 3.8) is 0 Å². The van der Waals surface area contributed by atoms with Crippen LogP contribution in [0.25, 0.3) is 0 Å². The van der Waals surface area contributed by atoms with Gasteiger partial charge in [-0.1, -0.05) is 30.0 Å². The number of aliphatic hydroxyl groups excluding tert-OH is 1. The molecule has 0 aliphatic rings. The third kappa shape index (κ3) is 2.62. The van der Waals surface area contributed by atoms with Gasteiger partial charge in [0.05, 0.1) is 6.10 Å². The maximum absolute atomic E-state index is 9.19. The predicted molar refractivity (Wildman–Crippen MR) is 51.3 cm³/mol. The highest BCUT2D eigenvalue weighted by atomic mass is 32.2. The van der Waals surface area contributed by atoms with Gasteiger partial charge in [0.1, 0.15) is 0 Å². The summed E-state index contributed by atoms with van der Waals surface area (Å²) in [6.45, 7) is 3.69. The zero-order chi connectivity index (χ0) is 9.14. The second-order valence-electron chi connectivity index (χ2n) is 2.47. The number of hydrogen-bond donors (Lipinski definition) is 2. The van der Waals surface area contributed by atoms with E-state index in [1.807, 2.05) is 6.92 Å². The van der Waals surface area contributed by atoms with Gasteiger partial charge >= 0.3 is 0 Å². The first-order chi connectivity index (χ1) is 5.59. The number of aliphatic hydroxyl groups is 1. The molecule has 6 heteroatoms. The van der Waals surface area contributed by atoms with E-state index < -0.39 is 0 Å². The van der Waals surface area contributed by atoms with E-state index in [1.165, 1.54) is 23.1 Å². The lowest BCUT2D eigenvalue weighted by atomic mass is 10.3. The van der Waals surface area contributed by atoms with Crippen LogP contribution in [0.4, 0.5) is 5.13 Å². The molecule has 1 aromatic rings. The predicted octanol–water partition coefficient (Wildman–Crippen LogP) is 0.982. The van der Waals surface area contributed by atoms with Crippen LogP contribution in [0.2, 0.25) is 0 Å². The molecule has 12 heavy (non-hydrogen) atoms. The molecule has 0 amide bonds. The lowest BCUT2D eigenvalue weighted by Gasteiger charge is -2.10. The molecule has 1 heterocycles. The molecule has 0 aromatic carbocycles. The van der Waals surface area contributed by atoms with Gasteiger partial charge in [-0.15, -0.1) is 10.2 Å². The Balaban J connectivity index is 2.52. The van der Waals surface area contributed by atoms with Gasteiger partial charge in [0.2, 0.25) is 5.13 Å². The molecule has 1 aromatic heterocycles. The first-order valence-corrected chi connectivity index (χ1v) is 5.23. The van der Waals surface area contributed by atoms with Crippen molar-refractivity contribution in [2.75, 3.05) is 5.73 Å². The summed E-state index contributed by atoms with van der Waals surface area (Å²) in [5.74, 6) is 0. The maximum atomic E-state index is 9.19. The van der Waals surface area contributed by atoms with Crippen LogP contribution in [0, 0.1) is 0 Å². The van der Waals surface area contributed by atoms with Gasteiger partial charge in [-0.2, -0.15) is 0 Å². The molecule has 1 rings (SSSR count). The summed E-state index contributed by atoms with van der Waals surface area (Å²) >= 11 is 2.83. The molecule has 0 saturated heterocycles. The molecule has 4 nitrogen and oxygen atoms in total. The number of nitrogen functional groups attached to an aromatic ring is 1. The Morgan fingerprint density at radius 1 is 1.50 bits per heavy atom. The summed E-state index contributed by atoms with van der Waals surface area (Å²) in [7, 11) is 0. The van der Waals surface area contributed by atoms with Gasteiger partial charge in [-0.25, -0.2) is 0 Å². The standard InChI is InChI=1S/C6H11N3OS2/c1-3(10)4(2)11-6-9-8-5(7)12-6/h3-4,10H,1-2H3,(H2,7,8). The smallest absolute Gasteiger partial charge is 0.203 e. The van der Waals surface area contributed by atoms with Crippen molar-refractivity contribution >= 4 is 28.2 Å². The van der Waals surface area contributed by atoms with E-state index in [0.29, 0.717) is 5.13 Å². The Bertz CT molecular complexity index is 251. The molecule has 0 fully saturated rings. The molecular formula is C6H11N3OS2. The lowest BCUT2D eigenvalue weighted by Crippen LogP contribution is -2.14. The van der Waals surface area contributed by atoms with E-state index in [2.05, 4.69) is 10.2 Å². The molecule has 2 unspecified atom stereocenters. The van der Waals surface area contributed by atoms with Crippen LogP contribution < -0.4 is 5.73 Å². The third-order valence-corrected chi connectivity index (χ3v) is 3.52. The fraction of sp³-hybridized carbons (Fsp3) is 0.667. The molecule has 68 valence electrons. The molecule has 0 aliphatic heterocycles. The number of aromatic nitrogens is 2. The van der Waals surface area contributed by atoms with E-state index in [9.17, 15) is 5.11 Å². The van der Waals surface area contributed by atoms with Gasteiger partial charge in [0.25, 0.3) is 0 Å². The highest BCUT2D eigenvalue weighted by molar-refractivity contribution is 8.01. The zero-order valence-electron chi connectivity index (χ0n) is 6.89. The van der Waals surface area contributed by atoms with Crippen LogP contribution in [0.15, 0.2) is 4.34 Å². The fourth-order valence-corrected chi connectivity index (χ4v) is 2.37. The molecule has 0 saturated carbocycles. The average molecular weight is 205 g/mol. The lowest BCUT2D eigenvalue weighted by molar-refractivity contribution is 0.196. The Kier molecular flexibility index (Phi) is 3.30. The number of rotatable bonds is 3. The van der Waals surface area contributed by atoms with Crippen molar-refractivity contribution in [1.29, 1.82) is 0 Å². The van der Waals surface area contributed by atoms with Gasteiger partial charge in [0.15, 0.2) is 4.34 Å². The summed E-state index contributed by atoms with van der Waals surface area (Å²) in [6.07, 6.45) is -0.347. The third-order valence-electron chi connectivity index (χ3n) is 1.39. The molecular weight excluding hydrogens is 194 g/mol. The molecule has 3 N–H and O–H groups in total. The van der Waals surface area contributed by atoms with Crippen molar-refractivity contribution in [2.24, 2.45) is 0 Å². The topological polar surface area (TPSA) is 72.0 Å². The van der Waals surface area contributed by atoms with E-state index in [-0.39, 0.29) is 11.4 Å². The second kappa shape index (κ2) is 4.06. The Hall–Kier alpha value is -0.330. The van der Waals surface area contributed by atoms with E-state index in [4.69, 9.17) is 5.73 Å². The Morgan fingerprint density at radius 2 is 2.17 bits per heavy atom.